The number of hydrogen-bond donors (Lipinski definition) is 1. The third-order valence-corrected chi connectivity index (χ3v) is 4.92. The summed E-state index contributed by atoms with van der Waals surface area (Å²) in [4.78, 5) is 14.5. The minimum atomic E-state index is -1.16. The molecule has 0 bridgehead atoms. The Morgan fingerprint density at radius 1 is 1.39 bits per heavy atom. The van der Waals surface area contributed by atoms with E-state index in [1.807, 2.05) is 36.4 Å². The van der Waals surface area contributed by atoms with Gasteiger partial charge in [-0.05, 0) is 49.0 Å². The second kappa shape index (κ2) is 6.50. The topological polar surface area (TPSA) is 40.5 Å². The highest BCUT2D eigenvalue weighted by Crippen LogP contribution is 2.43. The molecule has 3 rings (SSSR count). The standard InChI is InChI=1S/C19H22ClNO2/c1-2-3-11-19(23)17-10-5-4-9-16(17)18(22)21(19)13-14-7-6-8-15(20)12-14/h4,6-9,12,23H,2-3,5,10-11,13H2,1H3. The minimum absolute atomic E-state index is 0.0745. The van der Waals surface area contributed by atoms with Crippen LogP contribution in [0.25, 0.3) is 0 Å². The Labute approximate surface area is 142 Å². The molecule has 2 aliphatic rings. The van der Waals surface area contributed by atoms with Crippen molar-refractivity contribution < 1.29 is 9.90 Å². The summed E-state index contributed by atoms with van der Waals surface area (Å²) in [5, 5.41) is 12.0. The highest BCUT2D eigenvalue weighted by Gasteiger charge is 2.49. The molecular weight excluding hydrogens is 310 g/mol. The van der Waals surface area contributed by atoms with Gasteiger partial charge in [-0.25, -0.2) is 0 Å². The van der Waals surface area contributed by atoms with E-state index in [1.54, 1.807) is 4.90 Å². The molecular formula is C19H22ClNO2. The minimum Gasteiger partial charge on any atom is -0.367 e. The molecule has 0 radical (unpaired) electrons. The van der Waals surface area contributed by atoms with Crippen LogP contribution in [0.5, 0.6) is 0 Å². The zero-order valence-corrected chi connectivity index (χ0v) is 14.1. The number of carbonyl (C=O) groups is 1. The van der Waals surface area contributed by atoms with Crippen molar-refractivity contribution in [2.75, 3.05) is 0 Å². The van der Waals surface area contributed by atoms with Crippen LogP contribution in [-0.2, 0) is 11.3 Å². The molecule has 1 aromatic rings. The summed E-state index contributed by atoms with van der Waals surface area (Å²) < 4.78 is 0. The Morgan fingerprint density at radius 2 is 2.22 bits per heavy atom. The van der Waals surface area contributed by atoms with Gasteiger partial charge in [0.2, 0.25) is 0 Å². The van der Waals surface area contributed by atoms with Gasteiger partial charge in [-0.1, -0.05) is 49.2 Å². The van der Waals surface area contributed by atoms with Gasteiger partial charge in [0.25, 0.3) is 5.91 Å². The van der Waals surface area contributed by atoms with E-state index < -0.39 is 5.72 Å². The van der Waals surface area contributed by atoms with Crippen molar-refractivity contribution >= 4 is 17.5 Å². The molecule has 1 aromatic carbocycles. The predicted molar refractivity (Wildman–Crippen MR) is 91.9 cm³/mol. The van der Waals surface area contributed by atoms with Crippen molar-refractivity contribution in [2.45, 2.75) is 51.3 Å². The molecule has 0 saturated carbocycles. The highest BCUT2D eigenvalue weighted by molar-refractivity contribution is 6.30. The fraction of sp³-hybridized carbons (Fsp3) is 0.421. The summed E-state index contributed by atoms with van der Waals surface area (Å²) in [5.74, 6) is -0.0745. The second-order valence-electron chi connectivity index (χ2n) is 6.27. The average Bonchev–Trinajstić information content (AvgIpc) is 2.76. The summed E-state index contributed by atoms with van der Waals surface area (Å²) in [5.41, 5.74) is 1.34. The molecule has 1 N–H and O–H groups in total. The van der Waals surface area contributed by atoms with Gasteiger partial charge in [0.15, 0.2) is 5.72 Å². The fourth-order valence-electron chi connectivity index (χ4n) is 3.49. The van der Waals surface area contributed by atoms with Crippen LogP contribution in [0.3, 0.4) is 0 Å². The van der Waals surface area contributed by atoms with Crippen LogP contribution in [0.2, 0.25) is 5.02 Å². The first-order chi connectivity index (χ1) is 11.1. The Balaban J connectivity index is 1.94. The molecule has 23 heavy (non-hydrogen) atoms. The number of halogens is 1. The molecule has 0 spiro atoms. The van der Waals surface area contributed by atoms with Crippen LogP contribution in [0.4, 0.5) is 0 Å². The third-order valence-electron chi connectivity index (χ3n) is 4.68. The quantitative estimate of drug-likeness (QED) is 0.878. The van der Waals surface area contributed by atoms with Crippen LogP contribution in [0, 0.1) is 0 Å². The highest BCUT2D eigenvalue weighted by atomic mass is 35.5. The number of allylic oxidation sites excluding steroid dienone is 1. The van der Waals surface area contributed by atoms with Crippen LogP contribution < -0.4 is 0 Å². The molecule has 3 nitrogen and oxygen atoms in total. The zero-order valence-electron chi connectivity index (χ0n) is 13.4. The Morgan fingerprint density at radius 3 is 2.96 bits per heavy atom. The maximum absolute atomic E-state index is 12.8. The van der Waals surface area contributed by atoms with Crippen LogP contribution in [0.1, 0.15) is 44.6 Å². The number of rotatable bonds is 5. The van der Waals surface area contributed by atoms with E-state index in [-0.39, 0.29) is 5.91 Å². The molecule has 1 aliphatic carbocycles. The lowest BCUT2D eigenvalue weighted by Gasteiger charge is -2.36. The van der Waals surface area contributed by atoms with Gasteiger partial charge in [-0.3, -0.25) is 4.79 Å². The van der Waals surface area contributed by atoms with E-state index >= 15 is 0 Å². The smallest absolute Gasteiger partial charge is 0.256 e. The molecule has 1 heterocycles. The first kappa shape index (κ1) is 16.3. The van der Waals surface area contributed by atoms with Crippen molar-refractivity contribution in [2.24, 2.45) is 0 Å². The van der Waals surface area contributed by atoms with Crippen molar-refractivity contribution in [3.63, 3.8) is 0 Å². The molecule has 1 aliphatic heterocycles. The van der Waals surface area contributed by atoms with E-state index in [0.29, 0.717) is 23.6 Å². The lowest BCUT2D eigenvalue weighted by molar-refractivity contribution is -0.145. The maximum atomic E-state index is 12.8. The van der Waals surface area contributed by atoms with Crippen molar-refractivity contribution in [1.82, 2.24) is 4.90 Å². The Kier molecular flexibility index (Phi) is 4.60. The lowest BCUT2D eigenvalue weighted by Crippen LogP contribution is -2.47. The van der Waals surface area contributed by atoms with Gasteiger partial charge >= 0.3 is 0 Å². The normalized spacial score (nSPS) is 23.6. The van der Waals surface area contributed by atoms with Crippen LogP contribution in [-0.4, -0.2) is 21.6 Å². The Hall–Kier alpha value is -1.58. The number of unbranched alkanes of at least 4 members (excludes halogenated alkanes) is 1. The molecule has 1 amide bonds. The van der Waals surface area contributed by atoms with Crippen molar-refractivity contribution in [3.8, 4) is 0 Å². The molecule has 1 unspecified atom stereocenters. The molecule has 0 aromatic heterocycles. The summed E-state index contributed by atoms with van der Waals surface area (Å²) in [6, 6.07) is 7.47. The Bertz CT molecular complexity index is 680. The maximum Gasteiger partial charge on any atom is 0.256 e. The number of benzene rings is 1. The van der Waals surface area contributed by atoms with E-state index in [4.69, 9.17) is 11.6 Å². The zero-order chi connectivity index (χ0) is 16.4. The monoisotopic (exact) mass is 331 g/mol. The van der Waals surface area contributed by atoms with Gasteiger partial charge < -0.3 is 10.0 Å². The summed E-state index contributed by atoms with van der Waals surface area (Å²) in [7, 11) is 0. The summed E-state index contributed by atoms with van der Waals surface area (Å²) in [6.07, 6.45) is 7.98. The predicted octanol–water partition coefficient (Wildman–Crippen LogP) is 4.21. The van der Waals surface area contributed by atoms with E-state index in [1.165, 1.54) is 0 Å². The summed E-state index contributed by atoms with van der Waals surface area (Å²) >= 11 is 6.06. The largest absolute Gasteiger partial charge is 0.367 e. The average molecular weight is 332 g/mol. The number of hydrogen-bond acceptors (Lipinski definition) is 2. The second-order valence-corrected chi connectivity index (χ2v) is 6.71. The summed E-state index contributed by atoms with van der Waals surface area (Å²) in [6.45, 7) is 2.47. The van der Waals surface area contributed by atoms with E-state index in [0.717, 1.165) is 36.8 Å². The fourth-order valence-corrected chi connectivity index (χ4v) is 3.70. The third kappa shape index (κ3) is 2.96. The van der Waals surface area contributed by atoms with Gasteiger partial charge in [0.1, 0.15) is 0 Å². The van der Waals surface area contributed by atoms with Gasteiger partial charge in [0, 0.05) is 17.1 Å². The number of amides is 1. The first-order valence-electron chi connectivity index (χ1n) is 8.25. The number of nitrogens with zero attached hydrogens (tertiary/aromatic N) is 1. The molecule has 0 fully saturated rings. The number of aliphatic hydroxyl groups is 1. The number of carbonyl (C=O) groups excluding carboxylic acids is 1. The molecule has 1 atom stereocenters. The van der Waals surface area contributed by atoms with Crippen LogP contribution in [0.15, 0.2) is 47.6 Å². The van der Waals surface area contributed by atoms with E-state index in [2.05, 4.69) is 6.92 Å². The van der Waals surface area contributed by atoms with Gasteiger partial charge in [0.05, 0.1) is 0 Å². The van der Waals surface area contributed by atoms with Crippen LogP contribution >= 0.6 is 11.6 Å². The van der Waals surface area contributed by atoms with Gasteiger partial charge in [-0.2, -0.15) is 0 Å². The molecule has 0 saturated heterocycles. The SMILES string of the molecule is CCCCC1(O)C2=C(C=CCC2)C(=O)N1Cc1cccc(Cl)c1. The van der Waals surface area contributed by atoms with Gasteiger partial charge in [-0.15, -0.1) is 0 Å². The van der Waals surface area contributed by atoms with Crippen molar-refractivity contribution in [3.05, 3.63) is 58.1 Å². The van der Waals surface area contributed by atoms with Crippen molar-refractivity contribution in [1.29, 1.82) is 0 Å². The first-order valence-corrected chi connectivity index (χ1v) is 8.63. The van der Waals surface area contributed by atoms with E-state index in [9.17, 15) is 9.90 Å². The molecule has 122 valence electrons. The molecule has 4 heteroatoms. The lowest BCUT2D eigenvalue weighted by atomic mass is 9.89.